The predicted molar refractivity (Wildman–Crippen MR) is 86.7 cm³/mol. The van der Waals surface area contributed by atoms with Crippen LogP contribution < -0.4 is 0 Å². The minimum absolute atomic E-state index is 0.0374. The van der Waals surface area contributed by atoms with Crippen LogP contribution in [0.15, 0.2) is 28.7 Å². The minimum atomic E-state index is -0.404. The van der Waals surface area contributed by atoms with E-state index in [0.29, 0.717) is 24.5 Å². The molecule has 1 atom stereocenters. The van der Waals surface area contributed by atoms with Crippen molar-refractivity contribution in [1.29, 1.82) is 0 Å². The summed E-state index contributed by atoms with van der Waals surface area (Å²) in [7, 11) is 0. The lowest BCUT2D eigenvalue weighted by molar-refractivity contribution is -0.132. The van der Waals surface area contributed by atoms with E-state index in [9.17, 15) is 14.3 Å². The molecule has 0 bridgehead atoms. The van der Waals surface area contributed by atoms with Gasteiger partial charge in [0.15, 0.2) is 0 Å². The van der Waals surface area contributed by atoms with Crippen LogP contribution >= 0.6 is 0 Å². The average molecular weight is 332 g/mol. The molecule has 1 amide bonds. The summed E-state index contributed by atoms with van der Waals surface area (Å²) in [6, 6.07) is 6.27. The summed E-state index contributed by atoms with van der Waals surface area (Å²) in [5.41, 5.74) is 0.821. The zero-order valence-corrected chi connectivity index (χ0v) is 13.7. The molecule has 1 saturated heterocycles. The maximum absolute atomic E-state index is 13.9. The van der Waals surface area contributed by atoms with Crippen molar-refractivity contribution in [3.63, 3.8) is 0 Å². The normalized spacial score (nSPS) is 18.0. The van der Waals surface area contributed by atoms with Gasteiger partial charge < -0.3 is 14.4 Å². The first kappa shape index (κ1) is 16.6. The average Bonchev–Trinajstić information content (AvgIpc) is 2.95. The van der Waals surface area contributed by atoms with Gasteiger partial charge in [0.2, 0.25) is 11.8 Å². The highest BCUT2D eigenvalue weighted by Gasteiger charge is 2.25. The van der Waals surface area contributed by atoms with E-state index in [1.54, 1.807) is 30.0 Å². The van der Waals surface area contributed by atoms with Gasteiger partial charge in [0, 0.05) is 19.7 Å². The first-order valence-electron chi connectivity index (χ1n) is 8.18. The highest BCUT2D eigenvalue weighted by Crippen LogP contribution is 2.25. The highest BCUT2D eigenvalue weighted by atomic mass is 19.1. The van der Waals surface area contributed by atoms with Crippen molar-refractivity contribution in [1.82, 2.24) is 9.88 Å². The second-order valence-electron chi connectivity index (χ2n) is 6.21. The number of rotatable bonds is 4. The summed E-state index contributed by atoms with van der Waals surface area (Å²) in [6.45, 7) is 3.11. The first-order valence-corrected chi connectivity index (χ1v) is 8.18. The number of aryl methyl sites for hydroxylation is 1. The molecule has 2 heterocycles. The molecule has 0 aliphatic carbocycles. The number of aliphatic hydroxyl groups excluding tert-OH is 1. The number of amides is 1. The van der Waals surface area contributed by atoms with Gasteiger partial charge in [0.25, 0.3) is 0 Å². The predicted octanol–water partition coefficient (Wildman–Crippen LogP) is 2.56. The maximum Gasteiger partial charge on any atom is 0.229 e. The molecule has 1 aliphatic heterocycles. The van der Waals surface area contributed by atoms with Crippen molar-refractivity contribution < 1.29 is 18.7 Å². The summed E-state index contributed by atoms with van der Waals surface area (Å²) in [4.78, 5) is 18.6. The van der Waals surface area contributed by atoms with Gasteiger partial charge in [-0.2, -0.15) is 0 Å². The number of hydrogen-bond acceptors (Lipinski definition) is 4. The van der Waals surface area contributed by atoms with Crippen LogP contribution in [0.3, 0.4) is 0 Å². The van der Waals surface area contributed by atoms with Crippen LogP contribution in [0, 0.1) is 18.7 Å². The van der Waals surface area contributed by atoms with Crippen molar-refractivity contribution in [3.8, 4) is 11.5 Å². The molecule has 0 saturated carbocycles. The molecular weight excluding hydrogens is 311 g/mol. The van der Waals surface area contributed by atoms with Gasteiger partial charge >= 0.3 is 0 Å². The van der Waals surface area contributed by atoms with Crippen LogP contribution in [-0.2, 0) is 11.2 Å². The van der Waals surface area contributed by atoms with Crippen LogP contribution in [0.2, 0.25) is 0 Å². The SMILES string of the molecule is Cc1oc(-c2ccccc2F)nc1CC(=O)N1CCCC(CO)C1. The molecule has 1 fully saturated rings. The second kappa shape index (κ2) is 7.13. The number of likely N-dealkylation sites (tertiary alicyclic amines) is 1. The molecule has 1 aromatic carbocycles. The fourth-order valence-corrected chi connectivity index (χ4v) is 3.04. The third-order valence-corrected chi connectivity index (χ3v) is 4.45. The summed E-state index contributed by atoms with van der Waals surface area (Å²) in [5, 5.41) is 9.28. The highest BCUT2D eigenvalue weighted by molar-refractivity contribution is 5.78. The molecule has 5 nitrogen and oxygen atoms in total. The summed E-state index contributed by atoms with van der Waals surface area (Å²) in [5.74, 6) is 0.427. The first-order chi connectivity index (χ1) is 11.6. The van der Waals surface area contributed by atoms with Crippen molar-refractivity contribution in [3.05, 3.63) is 41.5 Å². The van der Waals surface area contributed by atoms with Crippen molar-refractivity contribution >= 4 is 5.91 Å². The second-order valence-corrected chi connectivity index (χ2v) is 6.21. The quantitative estimate of drug-likeness (QED) is 0.934. The maximum atomic E-state index is 13.9. The number of hydrogen-bond donors (Lipinski definition) is 1. The number of halogens is 1. The smallest absolute Gasteiger partial charge is 0.229 e. The molecule has 6 heteroatoms. The number of piperidine rings is 1. The van der Waals surface area contributed by atoms with E-state index in [4.69, 9.17) is 4.42 Å². The molecular formula is C18H21FN2O3. The van der Waals surface area contributed by atoms with Gasteiger partial charge in [0.05, 0.1) is 17.7 Å². The Morgan fingerprint density at radius 3 is 3.00 bits per heavy atom. The third-order valence-electron chi connectivity index (χ3n) is 4.45. The number of oxazole rings is 1. The molecule has 0 spiro atoms. The van der Waals surface area contributed by atoms with Crippen LogP contribution in [0.5, 0.6) is 0 Å². The van der Waals surface area contributed by atoms with E-state index in [1.165, 1.54) is 6.07 Å². The van der Waals surface area contributed by atoms with E-state index in [1.807, 2.05) is 0 Å². The monoisotopic (exact) mass is 332 g/mol. The Labute approximate surface area is 140 Å². The molecule has 1 N–H and O–H groups in total. The van der Waals surface area contributed by atoms with E-state index in [2.05, 4.69) is 4.98 Å². The standard InChI is InChI=1S/C18H21FN2O3/c1-12-16(9-17(23)21-8-4-5-13(10-21)11-22)20-18(24-12)14-6-2-3-7-15(14)19/h2-3,6-7,13,22H,4-5,8-11H2,1H3. The third kappa shape index (κ3) is 3.48. The molecule has 3 rings (SSSR count). The largest absolute Gasteiger partial charge is 0.441 e. The Bertz CT molecular complexity index is 729. The van der Waals surface area contributed by atoms with E-state index >= 15 is 0 Å². The number of carbonyl (C=O) groups excluding carboxylic acids is 1. The zero-order chi connectivity index (χ0) is 17.1. The molecule has 2 aromatic rings. The van der Waals surface area contributed by atoms with E-state index < -0.39 is 5.82 Å². The lowest BCUT2D eigenvalue weighted by Crippen LogP contribution is -2.41. The Kier molecular flexibility index (Phi) is 4.94. The topological polar surface area (TPSA) is 66.6 Å². The van der Waals surface area contributed by atoms with Gasteiger partial charge in [-0.3, -0.25) is 4.79 Å². The number of aliphatic hydroxyl groups is 1. The zero-order valence-electron chi connectivity index (χ0n) is 13.7. The van der Waals surface area contributed by atoms with Crippen molar-refractivity contribution in [2.24, 2.45) is 5.92 Å². The summed E-state index contributed by atoms with van der Waals surface area (Å²) >= 11 is 0. The van der Waals surface area contributed by atoms with E-state index in [-0.39, 0.29) is 36.3 Å². The lowest BCUT2D eigenvalue weighted by Gasteiger charge is -2.31. The van der Waals surface area contributed by atoms with Crippen molar-refractivity contribution in [2.45, 2.75) is 26.2 Å². The molecule has 0 radical (unpaired) electrons. The molecule has 24 heavy (non-hydrogen) atoms. The Hall–Kier alpha value is -2.21. The molecule has 1 aromatic heterocycles. The van der Waals surface area contributed by atoms with Crippen LogP contribution in [-0.4, -0.2) is 40.6 Å². The minimum Gasteiger partial charge on any atom is -0.441 e. The number of carbonyl (C=O) groups is 1. The van der Waals surface area contributed by atoms with Crippen LogP contribution in [0.1, 0.15) is 24.3 Å². The lowest BCUT2D eigenvalue weighted by atomic mass is 9.98. The summed E-state index contributed by atoms with van der Waals surface area (Å²) in [6.07, 6.45) is 1.97. The van der Waals surface area contributed by atoms with E-state index in [0.717, 1.165) is 12.8 Å². The molecule has 128 valence electrons. The van der Waals surface area contributed by atoms with Gasteiger partial charge in [0.1, 0.15) is 11.6 Å². The van der Waals surface area contributed by atoms with Gasteiger partial charge in [-0.05, 0) is 37.8 Å². The molecule has 1 unspecified atom stereocenters. The Balaban J connectivity index is 1.74. The Morgan fingerprint density at radius 1 is 1.46 bits per heavy atom. The molecule has 1 aliphatic rings. The van der Waals surface area contributed by atoms with Gasteiger partial charge in [-0.15, -0.1) is 0 Å². The van der Waals surface area contributed by atoms with Crippen LogP contribution in [0.25, 0.3) is 11.5 Å². The summed E-state index contributed by atoms with van der Waals surface area (Å²) < 4.78 is 19.4. The van der Waals surface area contributed by atoms with Gasteiger partial charge in [-0.25, -0.2) is 9.37 Å². The fraction of sp³-hybridized carbons (Fsp3) is 0.444. The van der Waals surface area contributed by atoms with Crippen LogP contribution in [0.4, 0.5) is 4.39 Å². The fourth-order valence-electron chi connectivity index (χ4n) is 3.04. The van der Waals surface area contributed by atoms with Crippen molar-refractivity contribution in [2.75, 3.05) is 19.7 Å². The number of benzene rings is 1. The number of nitrogens with zero attached hydrogens (tertiary/aromatic N) is 2. The Morgan fingerprint density at radius 2 is 2.25 bits per heavy atom. The number of aromatic nitrogens is 1. The van der Waals surface area contributed by atoms with Gasteiger partial charge in [-0.1, -0.05) is 12.1 Å².